The molecule has 1 saturated carbocycles. The van der Waals surface area contributed by atoms with Crippen LogP contribution >= 0.6 is 0 Å². The normalized spacial score (nSPS) is 21.8. The van der Waals surface area contributed by atoms with Gasteiger partial charge in [0.15, 0.2) is 0 Å². The number of nitrogens with two attached hydrogens (primary N) is 2. The summed E-state index contributed by atoms with van der Waals surface area (Å²) in [5.74, 6) is 0.148. The zero-order valence-corrected chi connectivity index (χ0v) is 17.8. The van der Waals surface area contributed by atoms with Crippen molar-refractivity contribution in [1.82, 2.24) is 14.9 Å². The van der Waals surface area contributed by atoms with E-state index in [2.05, 4.69) is 9.97 Å². The lowest BCUT2D eigenvalue weighted by Gasteiger charge is -2.23. The molecule has 1 aliphatic carbocycles. The number of halogens is 3. The largest absolute Gasteiger partial charge is 0.417 e. The number of amides is 1. The third-order valence-electron chi connectivity index (χ3n) is 6.25. The SMILES string of the molecule is C[C@H]1OCc2c1c(N)nc1ccc(C(=O)N(Cc3ccc(C(F)(F)F)cn3)[C@@H]3C[C@@H]3N)cc21. The van der Waals surface area contributed by atoms with Gasteiger partial charge in [-0.25, -0.2) is 4.98 Å². The van der Waals surface area contributed by atoms with Crippen molar-refractivity contribution in [3.63, 3.8) is 0 Å². The number of fused-ring (bicyclic) bond motifs is 3. The maximum absolute atomic E-state index is 13.5. The Morgan fingerprint density at radius 3 is 2.67 bits per heavy atom. The van der Waals surface area contributed by atoms with E-state index in [9.17, 15) is 18.0 Å². The van der Waals surface area contributed by atoms with Crippen LogP contribution in [0.15, 0.2) is 36.5 Å². The molecule has 0 saturated heterocycles. The van der Waals surface area contributed by atoms with Crippen LogP contribution in [-0.4, -0.2) is 32.9 Å². The first kappa shape index (κ1) is 21.6. The van der Waals surface area contributed by atoms with Gasteiger partial charge in [-0.3, -0.25) is 9.78 Å². The van der Waals surface area contributed by atoms with E-state index in [0.29, 0.717) is 35.6 Å². The van der Waals surface area contributed by atoms with Gasteiger partial charge in [-0.1, -0.05) is 0 Å². The van der Waals surface area contributed by atoms with Gasteiger partial charge in [0.2, 0.25) is 0 Å². The zero-order valence-electron chi connectivity index (χ0n) is 17.8. The molecule has 3 heterocycles. The zero-order chi connectivity index (χ0) is 23.5. The van der Waals surface area contributed by atoms with Crippen LogP contribution < -0.4 is 11.5 Å². The van der Waals surface area contributed by atoms with E-state index in [1.807, 2.05) is 6.92 Å². The molecule has 172 valence electrons. The molecular formula is C23H22F3N5O2. The van der Waals surface area contributed by atoms with Crippen molar-refractivity contribution in [3.8, 4) is 0 Å². The van der Waals surface area contributed by atoms with E-state index in [1.165, 1.54) is 6.07 Å². The van der Waals surface area contributed by atoms with Crippen molar-refractivity contribution >= 4 is 22.6 Å². The second-order valence-electron chi connectivity index (χ2n) is 8.51. The van der Waals surface area contributed by atoms with Crippen molar-refractivity contribution in [2.45, 2.75) is 50.9 Å². The summed E-state index contributed by atoms with van der Waals surface area (Å²) < 4.78 is 44.3. The van der Waals surface area contributed by atoms with Gasteiger partial charge >= 0.3 is 6.18 Å². The minimum Gasteiger partial charge on any atom is -0.383 e. The standard InChI is InChI=1S/C23H22F3N5O2/c1-11-20-16(10-33-11)15-6-12(2-5-18(15)30-21(20)28)22(32)31(19-7-17(19)27)9-14-4-3-13(8-29-14)23(24,25)26/h2-6,8,11,17,19H,7,9-10,27H2,1H3,(H2,28,30)/t11-,17+,19-/m1/s1. The fourth-order valence-corrected chi connectivity index (χ4v) is 4.32. The van der Waals surface area contributed by atoms with E-state index in [0.717, 1.165) is 28.8 Å². The molecule has 0 bridgehead atoms. The Bertz CT molecular complexity index is 1250. The van der Waals surface area contributed by atoms with Gasteiger partial charge in [-0.05, 0) is 49.2 Å². The maximum Gasteiger partial charge on any atom is 0.417 e. The molecule has 1 aliphatic heterocycles. The molecular weight excluding hydrogens is 435 g/mol. The number of hydrogen-bond acceptors (Lipinski definition) is 6. The van der Waals surface area contributed by atoms with E-state index in [-0.39, 0.29) is 30.6 Å². The van der Waals surface area contributed by atoms with Gasteiger partial charge in [-0.2, -0.15) is 13.2 Å². The second kappa shape index (κ2) is 7.67. The highest BCUT2D eigenvalue weighted by atomic mass is 19.4. The van der Waals surface area contributed by atoms with Crippen LogP contribution in [0.3, 0.4) is 0 Å². The van der Waals surface area contributed by atoms with Crippen LogP contribution in [0.25, 0.3) is 10.9 Å². The molecule has 4 N–H and O–H groups in total. The summed E-state index contributed by atoms with van der Waals surface area (Å²) in [4.78, 5) is 23.4. The number of alkyl halides is 3. The van der Waals surface area contributed by atoms with Gasteiger partial charge < -0.3 is 21.1 Å². The molecule has 3 atom stereocenters. The quantitative estimate of drug-likeness (QED) is 0.620. The lowest BCUT2D eigenvalue weighted by atomic mass is 10.00. The maximum atomic E-state index is 13.5. The summed E-state index contributed by atoms with van der Waals surface area (Å²) >= 11 is 0. The Hall–Kier alpha value is -3.24. The number of nitrogen functional groups attached to an aromatic ring is 1. The summed E-state index contributed by atoms with van der Waals surface area (Å²) in [6, 6.07) is 7.06. The third kappa shape index (κ3) is 3.89. The van der Waals surface area contributed by atoms with Crippen LogP contribution in [0.5, 0.6) is 0 Å². The molecule has 7 nitrogen and oxygen atoms in total. The van der Waals surface area contributed by atoms with Crippen LogP contribution in [0.1, 0.15) is 52.2 Å². The van der Waals surface area contributed by atoms with Gasteiger partial charge in [0.25, 0.3) is 5.91 Å². The minimum atomic E-state index is -4.47. The first-order valence-electron chi connectivity index (χ1n) is 10.6. The number of hydrogen-bond donors (Lipinski definition) is 2. The Morgan fingerprint density at radius 1 is 1.27 bits per heavy atom. The number of benzene rings is 1. The molecule has 1 amide bonds. The van der Waals surface area contributed by atoms with Crippen LogP contribution in [0.4, 0.5) is 19.0 Å². The molecule has 2 aliphatic rings. The summed E-state index contributed by atoms with van der Waals surface area (Å²) in [6.45, 7) is 2.34. The average molecular weight is 457 g/mol. The average Bonchev–Trinajstić information content (AvgIpc) is 3.36. The number of carbonyl (C=O) groups excluding carboxylic acids is 1. The summed E-state index contributed by atoms with van der Waals surface area (Å²) in [5, 5.41) is 0.794. The fraction of sp³-hybridized carbons (Fsp3) is 0.348. The molecule has 0 spiro atoms. The van der Waals surface area contributed by atoms with Crippen LogP contribution in [-0.2, 0) is 24.1 Å². The van der Waals surface area contributed by atoms with Crippen molar-refractivity contribution in [1.29, 1.82) is 0 Å². The summed E-state index contributed by atoms with van der Waals surface area (Å²) in [5.41, 5.74) is 14.5. The van der Waals surface area contributed by atoms with Gasteiger partial charge in [0.1, 0.15) is 5.82 Å². The smallest absolute Gasteiger partial charge is 0.383 e. The van der Waals surface area contributed by atoms with E-state index < -0.39 is 11.7 Å². The highest BCUT2D eigenvalue weighted by Gasteiger charge is 2.42. The number of rotatable bonds is 4. The van der Waals surface area contributed by atoms with Crippen LogP contribution in [0, 0.1) is 0 Å². The summed E-state index contributed by atoms with van der Waals surface area (Å²) in [6.07, 6.45) is -3.24. The molecule has 33 heavy (non-hydrogen) atoms. The number of nitrogens with zero attached hydrogens (tertiary/aromatic N) is 3. The lowest BCUT2D eigenvalue weighted by Crippen LogP contribution is -2.36. The number of carbonyl (C=O) groups is 1. The number of pyridine rings is 2. The highest BCUT2D eigenvalue weighted by Crippen LogP contribution is 2.38. The molecule has 1 fully saturated rings. The van der Waals surface area contributed by atoms with Crippen molar-refractivity contribution in [2.24, 2.45) is 5.73 Å². The topological polar surface area (TPSA) is 107 Å². The van der Waals surface area contributed by atoms with E-state index in [1.54, 1.807) is 23.1 Å². The first-order chi connectivity index (χ1) is 15.6. The predicted octanol–water partition coefficient (Wildman–Crippen LogP) is 3.56. The molecule has 0 radical (unpaired) electrons. The molecule has 5 rings (SSSR count). The van der Waals surface area contributed by atoms with Crippen molar-refractivity contribution in [2.75, 3.05) is 5.73 Å². The summed E-state index contributed by atoms with van der Waals surface area (Å²) in [7, 11) is 0. The molecule has 10 heteroatoms. The first-order valence-corrected chi connectivity index (χ1v) is 10.6. The Balaban J connectivity index is 1.47. The minimum absolute atomic E-state index is 0.0611. The monoisotopic (exact) mass is 457 g/mol. The Morgan fingerprint density at radius 2 is 2.03 bits per heavy atom. The van der Waals surface area contributed by atoms with Gasteiger partial charge in [0, 0.05) is 34.8 Å². The van der Waals surface area contributed by atoms with E-state index >= 15 is 0 Å². The fourth-order valence-electron chi connectivity index (χ4n) is 4.32. The molecule has 3 aromatic rings. The molecule has 2 aromatic heterocycles. The van der Waals surface area contributed by atoms with Gasteiger partial charge in [0.05, 0.1) is 36.0 Å². The highest BCUT2D eigenvalue weighted by molar-refractivity contribution is 5.99. The van der Waals surface area contributed by atoms with Gasteiger partial charge in [-0.15, -0.1) is 0 Å². The Kier molecular flexibility index (Phi) is 5.02. The number of ether oxygens (including phenoxy) is 1. The predicted molar refractivity (Wildman–Crippen MR) is 115 cm³/mol. The number of anilines is 1. The number of aromatic nitrogens is 2. The Labute approximate surface area is 187 Å². The third-order valence-corrected chi connectivity index (χ3v) is 6.25. The van der Waals surface area contributed by atoms with E-state index in [4.69, 9.17) is 16.2 Å². The van der Waals surface area contributed by atoms with Crippen molar-refractivity contribution in [3.05, 3.63) is 64.5 Å². The second-order valence-corrected chi connectivity index (χ2v) is 8.51. The molecule has 1 aromatic carbocycles. The molecule has 0 unspecified atom stereocenters. The van der Waals surface area contributed by atoms with Crippen molar-refractivity contribution < 1.29 is 22.7 Å². The lowest BCUT2D eigenvalue weighted by molar-refractivity contribution is -0.137. The van der Waals surface area contributed by atoms with Crippen LogP contribution in [0.2, 0.25) is 0 Å².